The van der Waals surface area contributed by atoms with Crippen molar-refractivity contribution in [3.63, 3.8) is 0 Å². The number of hydrogen-bond acceptors (Lipinski definition) is 3. The smallest absolute Gasteiger partial charge is 0.338 e. The Labute approximate surface area is 118 Å². The van der Waals surface area contributed by atoms with Gasteiger partial charge in [0.1, 0.15) is 5.82 Å². The zero-order chi connectivity index (χ0) is 14.7. The van der Waals surface area contributed by atoms with E-state index in [1.165, 1.54) is 18.6 Å². The number of aromatic carboxylic acids is 1. The maximum absolute atomic E-state index is 13.6. The molecule has 0 saturated carbocycles. The third-order valence-electron chi connectivity index (χ3n) is 3.92. The fourth-order valence-electron chi connectivity index (χ4n) is 2.75. The van der Waals surface area contributed by atoms with Gasteiger partial charge < -0.3 is 10.0 Å². The number of likely N-dealkylation sites (N-methyl/N-ethyl adjacent to an activating group) is 2. The van der Waals surface area contributed by atoms with Crippen LogP contribution in [0.4, 0.5) is 4.39 Å². The van der Waals surface area contributed by atoms with Crippen molar-refractivity contribution < 1.29 is 14.3 Å². The van der Waals surface area contributed by atoms with Crippen molar-refractivity contribution in [1.82, 2.24) is 9.80 Å². The molecule has 1 fully saturated rings. The van der Waals surface area contributed by atoms with E-state index in [1.807, 2.05) is 7.05 Å². The molecule has 0 aliphatic carbocycles. The normalized spacial score (nSPS) is 20.3. The minimum absolute atomic E-state index is 0.270. The van der Waals surface area contributed by atoms with Crippen molar-refractivity contribution >= 4 is 5.97 Å². The summed E-state index contributed by atoms with van der Waals surface area (Å²) in [6.07, 6.45) is 2.33. The van der Waals surface area contributed by atoms with E-state index < -0.39 is 11.8 Å². The third kappa shape index (κ3) is 3.55. The third-order valence-corrected chi connectivity index (χ3v) is 3.92. The predicted octanol–water partition coefficient (Wildman–Crippen LogP) is 2.05. The second-order valence-electron chi connectivity index (χ2n) is 5.59. The Bertz CT molecular complexity index is 493. The Morgan fingerprint density at radius 3 is 2.90 bits per heavy atom. The minimum Gasteiger partial charge on any atom is -0.478 e. The summed E-state index contributed by atoms with van der Waals surface area (Å²) in [4.78, 5) is 15.3. The van der Waals surface area contributed by atoms with Crippen LogP contribution < -0.4 is 0 Å². The summed E-state index contributed by atoms with van der Waals surface area (Å²) in [6.45, 7) is 2.79. The van der Waals surface area contributed by atoms with Crippen LogP contribution in [0, 0.1) is 5.82 Å². The number of likely N-dealkylation sites (tertiary alicyclic amines) is 1. The first-order valence-corrected chi connectivity index (χ1v) is 6.88. The second-order valence-corrected chi connectivity index (χ2v) is 5.59. The molecule has 5 heteroatoms. The average molecular weight is 280 g/mol. The molecule has 1 aliphatic rings. The Morgan fingerprint density at radius 2 is 2.30 bits per heavy atom. The summed E-state index contributed by atoms with van der Waals surface area (Å²) in [5, 5.41) is 8.82. The number of hydrogen-bond donors (Lipinski definition) is 1. The topological polar surface area (TPSA) is 43.8 Å². The van der Waals surface area contributed by atoms with Gasteiger partial charge in [0.25, 0.3) is 0 Å². The van der Waals surface area contributed by atoms with Gasteiger partial charge in [0.2, 0.25) is 0 Å². The Balaban J connectivity index is 2.02. The van der Waals surface area contributed by atoms with Crippen LogP contribution in [0.2, 0.25) is 0 Å². The Morgan fingerprint density at radius 1 is 1.55 bits per heavy atom. The first-order valence-electron chi connectivity index (χ1n) is 6.88. The molecule has 0 spiro atoms. The van der Waals surface area contributed by atoms with Crippen LogP contribution in [0.25, 0.3) is 0 Å². The van der Waals surface area contributed by atoms with Gasteiger partial charge in [-0.05, 0) is 51.2 Å². The van der Waals surface area contributed by atoms with Crippen molar-refractivity contribution in [2.45, 2.75) is 25.4 Å². The number of carboxylic acids is 1. The van der Waals surface area contributed by atoms with Crippen LogP contribution >= 0.6 is 0 Å². The molecular formula is C15H21FN2O2. The van der Waals surface area contributed by atoms with Gasteiger partial charge in [0.15, 0.2) is 0 Å². The molecule has 0 bridgehead atoms. The summed E-state index contributed by atoms with van der Waals surface area (Å²) in [5.41, 5.74) is 0.539. The minimum atomic E-state index is -1.23. The quantitative estimate of drug-likeness (QED) is 0.916. The molecule has 20 heavy (non-hydrogen) atoms. The van der Waals surface area contributed by atoms with Gasteiger partial charge in [-0.15, -0.1) is 0 Å². The molecule has 1 aromatic rings. The number of piperidine rings is 1. The number of carbonyl (C=O) groups is 1. The zero-order valence-corrected chi connectivity index (χ0v) is 12.0. The summed E-state index contributed by atoms with van der Waals surface area (Å²) in [5.74, 6) is -1.89. The van der Waals surface area contributed by atoms with Gasteiger partial charge in [0.05, 0.1) is 5.56 Å². The molecule has 4 nitrogen and oxygen atoms in total. The lowest BCUT2D eigenvalue weighted by Gasteiger charge is -2.35. The molecule has 1 unspecified atom stereocenters. The largest absolute Gasteiger partial charge is 0.478 e. The molecule has 0 aromatic heterocycles. The number of benzene rings is 1. The predicted molar refractivity (Wildman–Crippen MR) is 75.3 cm³/mol. The van der Waals surface area contributed by atoms with Gasteiger partial charge in [-0.3, -0.25) is 4.90 Å². The van der Waals surface area contributed by atoms with Crippen molar-refractivity contribution in [3.05, 3.63) is 35.1 Å². The highest BCUT2D eigenvalue weighted by Crippen LogP contribution is 2.17. The molecular weight excluding hydrogens is 259 g/mol. The zero-order valence-electron chi connectivity index (χ0n) is 12.0. The lowest BCUT2D eigenvalue weighted by atomic mass is 10.0. The van der Waals surface area contributed by atoms with E-state index in [2.05, 4.69) is 16.8 Å². The van der Waals surface area contributed by atoms with Crippen LogP contribution in [-0.4, -0.2) is 54.1 Å². The van der Waals surface area contributed by atoms with E-state index >= 15 is 0 Å². The molecule has 2 rings (SSSR count). The highest BCUT2D eigenvalue weighted by molar-refractivity contribution is 5.87. The fourth-order valence-corrected chi connectivity index (χ4v) is 2.75. The van der Waals surface area contributed by atoms with E-state index in [4.69, 9.17) is 5.11 Å². The SMILES string of the molecule is CN1CCCC(N(C)Cc2ccc(C(=O)O)c(F)c2)C1. The van der Waals surface area contributed by atoms with Crippen LogP contribution in [0.15, 0.2) is 18.2 Å². The maximum atomic E-state index is 13.6. The lowest BCUT2D eigenvalue weighted by Crippen LogP contribution is -2.44. The first-order chi connectivity index (χ1) is 9.47. The van der Waals surface area contributed by atoms with Crippen LogP contribution in [0.3, 0.4) is 0 Å². The van der Waals surface area contributed by atoms with E-state index in [0.717, 1.165) is 25.1 Å². The molecule has 0 radical (unpaired) electrons. The van der Waals surface area contributed by atoms with E-state index in [-0.39, 0.29) is 5.56 Å². The van der Waals surface area contributed by atoms with Gasteiger partial charge in [0, 0.05) is 19.1 Å². The van der Waals surface area contributed by atoms with Gasteiger partial charge >= 0.3 is 5.97 Å². The van der Waals surface area contributed by atoms with E-state index in [0.29, 0.717) is 12.6 Å². The van der Waals surface area contributed by atoms with Crippen LogP contribution in [0.5, 0.6) is 0 Å². The summed E-state index contributed by atoms with van der Waals surface area (Å²) >= 11 is 0. The molecule has 1 aliphatic heterocycles. The first kappa shape index (κ1) is 14.9. The van der Waals surface area contributed by atoms with Gasteiger partial charge in [-0.2, -0.15) is 0 Å². The fraction of sp³-hybridized carbons (Fsp3) is 0.533. The van der Waals surface area contributed by atoms with Gasteiger partial charge in [-0.1, -0.05) is 6.07 Å². The number of rotatable bonds is 4. The monoisotopic (exact) mass is 280 g/mol. The van der Waals surface area contributed by atoms with Crippen LogP contribution in [0.1, 0.15) is 28.8 Å². The van der Waals surface area contributed by atoms with E-state index in [9.17, 15) is 9.18 Å². The van der Waals surface area contributed by atoms with Crippen molar-refractivity contribution in [3.8, 4) is 0 Å². The maximum Gasteiger partial charge on any atom is 0.338 e. The Hall–Kier alpha value is -1.46. The number of carboxylic acid groups (broad SMARTS) is 1. The standard InChI is InChI=1S/C15H21FN2O2/c1-17-7-3-4-12(10-17)18(2)9-11-5-6-13(15(19)20)14(16)8-11/h5-6,8,12H,3-4,7,9-10H2,1-2H3,(H,19,20). The number of nitrogens with zero attached hydrogens (tertiary/aromatic N) is 2. The van der Waals surface area contributed by atoms with Gasteiger partial charge in [-0.25, -0.2) is 9.18 Å². The number of halogens is 1. The summed E-state index contributed by atoms with van der Waals surface area (Å²) < 4.78 is 13.6. The van der Waals surface area contributed by atoms with E-state index in [1.54, 1.807) is 6.07 Å². The second kappa shape index (κ2) is 6.33. The highest BCUT2D eigenvalue weighted by atomic mass is 19.1. The molecule has 1 atom stereocenters. The van der Waals surface area contributed by atoms with Crippen molar-refractivity contribution in [1.29, 1.82) is 0 Å². The molecule has 1 heterocycles. The average Bonchev–Trinajstić information content (AvgIpc) is 2.38. The molecule has 1 N–H and O–H groups in total. The van der Waals surface area contributed by atoms with Crippen molar-refractivity contribution in [2.75, 3.05) is 27.2 Å². The summed E-state index contributed by atoms with van der Waals surface area (Å²) in [7, 11) is 4.15. The van der Waals surface area contributed by atoms with Crippen molar-refractivity contribution in [2.24, 2.45) is 0 Å². The highest BCUT2D eigenvalue weighted by Gasteiger charge is 2.21. The van der Waals surface area contributed by atoms with Crippen LogP contribution in [-0.2, 0) is 6.54 Å². The molecule has 0 amide bonds. The molecule has 1 saturated heterocycles. The summed E-state index contributed by atoms with van der Waals surface area (Å²) in [6, 6.07) is 4.83. The molecule has 1 aromatic carbocycles. The lowest BCUT2D eigenvalue weighted by molar-refractivity contribution is 0.0692. The Kier molecular flexibility index (Phi) is 4.73. The molecule has 110 valence electrons.